The predicted octanol–water partition coefficient (Wildman–Crippen LogP) is 4.53. The van der Waals surface area contributed by atoms with Crippen LogP contribution in [0, 0.1) is 18.3 Å². The number of rotatable bonds is 8. The van der Waals surface area contributed by atoms with E-state index in [0.29, 0.717) is 12.0 Å². The van der Waals surface area contributed by atoms with Crippen molar-refractivity contribution in [3.63, 3.8) is 0 Å². The summed E-state index contributed by atoms with van der Waals surface area (Å²) >= 11 is 0. The fraction of sp³-hybridized carbons (Fsp3) is 0.304. The van der Waals surface area contributed by atoms with Gasteiger partial charge in [-0.15, -0.1) is 0 Å². The Bertz CT molecular complexity index is 1060. The fourth-order valence-corrected chi connectivity index (χ4v) is 3.69. The van der Waals surface area contributed by atoms with E-state index in [1.54, 1.807) is 5.48 Å². The summed E-state index contributed by atoms with van der Waals surface area (Å²) in [4.78, 5) is 11.1. The molecule has 0 atom stereocenters. The highest BCUT2D eigenvalue weighted by atomic mass is 16.5. The molecule has 0 aliphatic carbocycles. The topological polar surface area (TPSA) is 104 Å². The van der Waals surface area contributed by atoms with Crippen LogP contribution >= 0.6 is 0 Å². The van der Waals surface area contributed by atoms with Gasteiger partial charge in [-0.2, -0.15) is 5.26 Å². The van der Waals surface area contributed by atoms with Crippen LogP contribution in [-0.4, -0.2) is 15.7 Å². The van der Waals surface area contributed by atoms with Gasteiger partial charge in [0, 0.05) is 41.3 Å². The van der Waals surface area contributed by atoms with E-state index in [1.807, 2.05) is 37.3 Å². The molecule has 0 saturated heterocycles. The largest absolute Gasteiger partial charge is 0.398 e. The zero-order valence-corrected chi connectivity index (χ0v) is 16.6. The van der Waals surface area contributed by atoms with Gasteiger partial charge in [0.15, 0.2) is 0 Å². The van der Waals surface area contributed by atoms with Crippen LogP contribution in [-0.2, 0) is 11.3 Å². The minimum absolute atomic E-state index is 0.336. The quantitative estimate of drug-likeness (QED) is 0.227. The second-order valence-electron chi connectivity index (χ2n) is 7.30. The number of benzene rings is 2. The van der Waals surface area contributed by atoms with Crippen molar-refractivity contribution in [2.75, 3.05) is 5.73 Å². The first-order valence-electron chi connectivity index (χ1n) is 9.86. The number of hydrogen-bond donors (Lipinski definition) is 3. The molecule has 0 aliphatic rings. The molecule has 0 aliphatic heterocycles. The van der Waals surface area contributed by atoms with E-state index < -0.39 is 0 Å². The van der Waals surface area contributed by atoms with Crippen LogP contribution in [0.15, 0.2) is 42.6 Å². The zero-order chi connectivity index (χ0) is 20.8. The van der Waals surface area contributed by atoms with Gasteiger partial charge >= 0.3 is 0 Å². The van der Waals surface area contributed by atoms with Gasteiger partial charge in [0.1, 0.15) is 0 Å². The number of hydrogen-bond acceptors (Lipinski definition) is 4. The monoisotopic (exact) mass is 390 g/mol. The van der Waals surface area contributed by atoms with Crippen molar-refractivity contribution in [2.45, 2.75) is 45.6 Å². The number of aryl methyl sites for hydroxylation is 1. The van der Waals surface area contributed by atoms with Crippen molar-refractivity contribution in [3.05, 3.63) is 53.7 Å². The molecular formula is C23H26N4O2. The van der Waals surface area contributed by atoms with Gasteiger partial charge in [-0.05, 0) is 55.2 Å². The molecule has 2 aromatic carbocycles. The number of anilines is 1. The Hall–Kier alpha value is -3.30. The van der Waals surface area contributed by atoms with Gasteiger partial charge in [-0.3, -0.25) is 10.0 Å². The maximum Gasteiger partial charge on any atom is 0.243 e. The third-order valence-corrected chi connectivity index (χ3v) is 5.35. The number of unbranched alkanes of at least 4 members (excludes halogenated alkanes) is 3. The lowest BCUT2D eigenvalue weighted by molar-refractivity contribution is -0.129. The maximum atomic E-state index is 11.1. The van der Waals surface area contributed by atoms with E-state index in [4.69, 9.17) is 10.9 Å². The molecule has 0 radical (unpaired) electrons. The number of aromatic nitrogens is 1. The number of carbonyl (C=O) groups is 1. The molecule has 1 heterocycles. The number of nitrogens with zero attached hydrogens (tertiary/aromatic N) is 2. The van der Waals surface area contributed by atoms with E-state index in [1.165, 1.54) is 0 Å². The summed E-state index contributed by atoms with van der Waals surface area (Å²) in [6.07, 6.45) is 6.18. The van der Waals surface area contributed by atoms with Gasteiger partial charge in [-0.25, -0.2) is 5.48 Å². The van der Waals surface area contributed by atoms with Crippen LogP contribution in [0.5, 0.6) is 0 Å². The lowest BCUT2D eigenvalue weighted by Gasteiger charge is -2.07. The molecule has 3 aromatic rings. The molecule has 1 amide bonds. The van der Waals surface area contributed by atoms with Crippen LogP contribution in [0.2, 0.25) is 0 Å². The molecule has 6 nitrogen and oxygen atoms in total. The summed E-state index contributed by atoms with van der Waals surface area (Å²) in [5, 5.41) is 18.9. The third-order valence-electron chi connectivity index (χ3n) is 5.35. The molecule has 0 fully saturated rings. The predicted molar refractivity (Wildman–Crippen MR) is 114 cm³/mol. The van der Waals surface area contributed by atoms with Gasteiger partial charge < -0.3 is 10.3 Å². The van der Waals surface area contributed by atoms with Crippen molar-refractivity contribution < 1.29 is 10.0 Å². The molecule has 150 valence electrons. The highest BCUT2D eigenvalue weighted by Gasteiger charge is 2.14. The van der Waals surface area contributed by atoms with Crippen LogP contribution in [0.25, 0.3) is 22.0 Å². The minimum Gasteiger partial charge on any atom is -0.398 e. The highest BCUT2D eigenvalue weighted by molar-refractivity contribution is 5.98. The number of nitrogen functional groups attached to an aromatic ring is 1. The van der Waals surface area contributed by atoms with Crippen molar-refractivity contribution >= 4 is 22.5 Å². The van der Waals surface area contributed by atoms with Crippen molar-refractivity contribution in [2.24, 2.45) is 0 Å². The van der Waals surface area contributed by atoms with E-state index >= 15 is 0 Å². The first-order valence-corrected chi connectivity index (χ1v) is 9.86. The third kappa shape index (κ3) is 4.58. The molecule has 6 heteroatoms. The summed E-state index contributed by atoms with van der Waals surface area (Å²) in [6.45, 7) is 2.88. The second kappa shape index (κ2) is 9.26. The molecule has 0 unspecified atom stereocenters. The SMILES string of the molecule is Cc1c(N)cccc1-c1cn(CCCCCCC(=O)NO)c2ccc(C#N)cc12. The molecule has 29 heavy (non-hydrogen) atoms. The Kier molecular flexibility index (Phi) is 6.53. The number of nitrogens with one attached hydrogen (secondary N) is 1. The number of carbonyl (C=O) groups excluding carboxylic acids is 1. The lowest BCUT2D eigenvalue weighted by atomic mass is 9.98. The molecule has 0 saturated carbocycles. The Morgan fingerprint density at radius 1 is 1.17 bits per heavy atom. The number of amides is 1. The summed E-state index contributed by atoms with van der Waals surface area (Å²) in [5.41, 5.74) is 13.5. The lowest BCUT2D eigenvalue weighted by Crippen LogP contribution is -2.17. The van der Waals surface area contributed by atoms with Gasteiger partial charge in [0.25, 0.3) is 0 Å². The van der Waals surface area contributed by atoms with Crippen LogP contribution < -0.4 is 11.2 Å². The minimum atomic E-state index is -0.336. The van der Waals surface area contributed by atoms with Crippen molar-refractivity contribution in [1.29, 1.82) is 5.26 Å². The number of fused-ring (bicyclic) bond motifs is 1. The van der Waals surface area contributed by atoms with Crippen molar-refractivity contribution in [3.8, 4) is 17.2 Å². The van der Waals surface area contributed by atoms with Gasteiger partial charge in [0.2, 0.25) is 5.91 Å². The first kappa shape index (κ1) is 20.4. The average molecular weight is 390 g/mol. The van der Waals surface area contributed by atoms with E-state index in [2.05, 4.69) is 22.9 Å². The standard InChI is InChI=1S/C23H26N4O2/c1-16-18(7-6-8-21(16)25)20-15-27(12-5-3-2-4-9-23(28)26-29)22-11-10-17(14-24)13-19(20)22/h6-8,10-11,13,15,29H,2-5,9,12,25H2,1H3,(H,26,28). The molecule has 3 rings (SSSR count). The van der Waals surface area contributed by atoms with Crippen LogP contribution in [0.3, 0.4) is 0 Å². The summed E-state index contributed by atoms with van der Waals surface area (Å²) in [7, 11) is 0. The Balaban J connectivity index is 1.82. The second-order valence-corrected chi connectivity index (χ2v) is 7.30. The molecule has 4 N–H and O–H groups in total. The normalized spacial score (nSPS) is 10.8. The van der Waals surface area contributed by atoms with Crippen molar-refractivity contribution in [1.82, 2.24) is 10.0 Å². The Labute approximate surface area is 170 Å². The highest BCUT2D eigenvalue weighted by Crippen LogP contribution is 2.35. The fourth-order valence-electron chi connectivity index (χ4n) is 3.69. The molecular weight excluding hydrogens is 364 g/mol. The van der Waals surface area contributed by atoms with Gasteiger partial charge in [0.05, 0.1) is 11.6 Å². The molecule has 0 spiro atoms. The molecule has 1 aromatic heterocycles. The van der Waals surface area contributed by atoms with Gasteiger partial charge in [-0.1, -0.05) is 25.0 Å². The average Bonchev–Trinajstić information content (AvgIpc) is 3.09. The van der Waals surface area contributed by atoms with Crippen LogP contribution in [0.1, 0.15) is 43.2 Å². The number of hydroxylamine groups is 1. The summed E-state index contributed by atoms with van der Waals surface area (Å²) in [6, 6.07) is 13.9. The number of nitriles is 1. The first-order chi connectivity index (χ1) is 14.0. The Morgan fingerprint density at radius 2 is 1.97 bits per heavy atom. The number of nitrogens with two attached hydrogens (primary N) is 1. The summed E-state index contributed by atoms with van der Waals surface area (Å²) in [5.74, 6) is -0.336. The van der Waals surface area contributed by atoms with E-state index in [9.17, 15) is 10.1 Å². The van der Waals surface area contributed by atoms with E-state index in [0.717, 1.165) is 65.5 Å². The summed E-state index contributed by atoms with van der Waals surface area (Å²) < 4.78 is 2.23. The zero-order valence-electron chi connectivity index (χ0n) is 16.6. The smallest absolute Gasteiger partial charge is 0.243 e. The Morgan fingerprint density at radius 3 is 2.72 bits per heavy atom. The maximum absolute atomic E-state index is 11.1. The molecule has 0 bridgehead atoms. The van der Waals surface area contributed by atoms with E-state index in [-0.39, 0.29) is 5.91 Å². The van der Waals surface area contributed by atoms with Crippen LogP contribution in [0.4, 0.5) is 5.69 Å².